The molecule has 0 spiro atoms. The molecule has 1 fully saturated rings. The SMILES string of the molecule is COc1ccc(NC(=O)C2CCN(c3ccc(-c4ccc(Cl)cc4)nn3)CC2)c(OC)c1. The number of anilines is 2. The summed E-state index contributed by atoms with van der Waals surface area (Å²) in [5.74, 6) is 2.00. The van der Waals surface area contributed by atoms with Crippen LogP contribution in [0.5, 0.6) is 11.5 Å². The molecule has 1 aliphatic rings. The van der Waals surface area contributed by atoms with E-state index in [-0.39, 0.29) is 11.8 Å². The highest BCUT2D eigenvalue weighted by molar-refractivity contribution is 6.30. The Balaban J connectivity index is 1.35. The fraction of sp³-hybridized carbons (Fsp3) is 0.292. The molecule has 0 radical (unpaired) electrons. The van der Waals surface area contributed by atoms with Gasteiger partial charge in [0, 0.05) is 35.7 Å². The van der Waals surface area contributed by atoms with Gasteiger partial charge >= 0.3 is 0 Å². The molecule has 32 heavy (non-hydrogen) atoms. The lowest BCUT2D eigenvalue weighted by atomic mass is 9.95. The number of halogens is 1. The number of methoxy groups -OCH3 is 2. The van der Waals surface area contributed by atoms with Gasteiger partial charge < -0.3 is 19.7 Å². The van der Waals surface area contributed by atoms with E-state index in [1.54, 1.807) is 32.4 Å². The molecule has 1 saturated heterocycles. The summed E-state index contributed by atoms with van der Waals surface area (Å²) in [6, 6.07) is 16.8. The number of hydrogen-bond donors (Lipinski definition) is 1. The lowest BCUT2D eigenvalue weighted by Gasteiger charge is -2.32. The smallest absolute Gasteiger partial charge is 0.227 e. The molecule has 0 atom stereocenters. The standard InChI is InChI=1S/C24H25ClN4O3/c1-31-19-7-8-21(22(15-19)32-2)26-24(30)17-11-13-29(14-12-17)23-10-9-20(27-28-23)16-3-5-18(25)6-4-16/h3-10,15,17H,11-14H2,1-2H3,(H,26,30). The third-order valence-electron chi connectivity index (χ3n) is 5.65. The molecule has 0 aliphatic carbocycles. The highest BCUT2D eigenvalue weighted by Gasteiger charge is 2.26. The summed E-state index contributed by atoms with van der Waals surface area (Å²) in [5, 5.41) is 12.4. The minimum Gasteiger partial charge on any atom is -0.497 e. The molecule has 1 N–H and O–H groups in total. The Bertz CT molecular complexity index is 1070. The van der Waals surface area contributed by atoms with Crippen molar-refractivity contribution >= 4 is 29.0 Å². The zero-order valence-corrected chi connectivity index (χ0v) is 18.8. The van der Waals surface area contributed by atoms with Gasteiger partial charge in [0.25, 0.3) is 0 Å². The van der Waals surface area contributed by atoms with Gasteiger partial charge in [0.15, 0.2) is 5.82 Å². The maximum absolute atomic E-state index is 12.8. The van der Waals surface area contributed by atoms with E-state index in [0.29, 0.717) is 22.2 Å². The topological polar surface area (TPSA) is 76.6 Å². The van der Waals surface area contributed by atoms with Crippen molar-refractivity contribution in [3.8, 4) is 22.8 Å². The van der Waals surface area contributed by atoms with E-state index in [0.717, 1.165) is 43.0 Å². The molecule has 8 heteroatoms. The number of nitrogens with one attached hydrogen (secondary N) is 1. The first-order chi connectivity index (χ1) is 15.6. The number of rotatable bonds is 6. The molecule has 1 aliphatic heterocycles. The summed E-state index contributed by atoms with van der Waals surface area (Å²) >= 11 is 5.95. The van der Waals surface area contributed by atoms with Crippen LogP contribution in [0.1, 0.15) is 12.8 Å². The Morgan fingerprint density at radius 1 is 1.00 bits per heavy atom. The minimum atomic E-state index is -0.0700. The number of piperidine rings is 1. The van der Waals surface area contributed by atoms with Crippen molar-refractivity contribution < 1.29 is 14.3 Å². The first kappa shape index (κ1) is 21.9. The van der Waals surface area contributed by atoms with Crippen molar-refractivity contribution in [1.29, 1.82) is 0 Å². The van der Waals surface area contributed by atoms with Crippen molar-refractivity contribution in [3.63, 3.8) is 0 Å². The van der Waals surface area contributed by atoms with Crippen molar-refractivity contribution in [2.75, 3.05) is 37.5 Å². The van der Waals surface area contributed by atoms with Gasteiger partial charge in [-0.3, -0.25) is 4.79 Å². The summed E-state index contributed by atoms with van der Waals surface area (Å²) in [5.41, 5.74) is 2.41. The second kappa shape index (κ2) is 9.87. The van der Waals surface area contributed by atoms with Crippen LogP contribution >= 0.6 is 11.6 Å². The molecule has 0 saturated carbocycles. The maximum Gasteiger partial charge on any atom is 0.227 e. The Hall–Kier alpha value is -3.32. The van der Waals surface area contributed by atoms with Crippen LogP contribution in [0.25, 0.3) is 11.3 Å². The van der Waals surface area contributed by atoms with Gasteiger partial charge in [-0.15, -0.1) is 10.2 Å². The highest BCUT2D eigenvalue weighted by Crippen LogP contribution is 2.31. The van der Waals surface area contributed by atoms with Crippen LogP contribution < -0.4 is 19.7 Å². The lowest BCUT2D eigenvalue weighted by molar-refractivity contribution is -0.120. The number of carbonyl (C=O) groups is 1. The van der Waals surface area contributed by atoms with E-state index >= 15 is 0 Å². The van der Waals surface area contributed by atoms with Crippen molar-refractivity contribution in [2.24, 2.45) is 5.92 Å². The van der Waals surface area contributed by atoms with E-state index in [1.807, 2.05) is 36.4 Å². The predicted molar refractivity (Wildman–Crippen MR) is 126 cm³/mol. The fourth-order valence-electron chi connectivity index (χ4n) is 3.78. The predicted octanol–water partition coefficient (Wildman–Crippen LogP) is 4.67. The number of carbonyl (C=O) groups excluding carboxylic acids is 1. The third kappa shape index (κ3) is 4.94. The van der Waals surface area contributed by atoms with Crippen LogP contribution in [0.15, 0.2) is 54.6 Å². The maximum atomic E-state index is 12.8. The van der Waals surface area contributed by atoms with E-state index in [9.17, 15) is 4.79 Å². The fourth-order valence-corrected chi connectivity index (χ4v) is 3.90. The van der Waals surface area contributed by atoms with Gasteiger partial charge in [-0.25, -0.2) is 0 Å². The number of nitrogens with zero attached hydrogens (tertiary/aromatic N) is 3. The summed E-state index contributed by atoms with van der Waals surface area (Å²) in [7, 11) is 3.17. The monoisotopic (exact) mass is 452 g/mol. The number of amides is 1. The number of ether oxygens (including phenoxy) is 2. The van der Waals surface area contributed by atoms with Gasteiger partial charge in [-0.05, 0) is 49.2 Å². The Morgan fingerprint density at radius 3 is 2.38 bits per heavy atom. The summed E-state index contributed by atoms with van der Waals surface area (Å²) < 4.78 is 10.6. The average molecular weight is 453 g/mol. The van der Waals surface area contributed by atoms with Crippen LogP contribution in [-0.4, -0.2) is 43.4 Å². The summed E-state index contributed by atoms with van der Waals surface area (Å²) in [6.45, 7) is 1.49. The second-order valence-electron chi connectivity index (χ2n) is 7.60. The molecule has 1 amide bonds. The van der Waals surface area contributed by atoms with Gasteiger partial charge in [0.2, 0.25) is 5.91 Å². The van der Waals surface area contributed by atoms with Crippen molar-refractivity contribution in [3.05, 3.63) is 59.6 Å². The number of hydrogen-bond acceptors (Lipinski definition) is 6. The zero-order chi connectivity index (χ0) is 22.5. The molecular weight excluding hydrogens is 428 g/mol. The molecule has 2 aromatic carbocycles. The molecule has 0 unspecified atom stereocenters. The Kier molecular flexibility index (Phi) is 6.75. The molecule has 166 valence electrons. The average Bonchev–Trinajstić information content (AvgIpc) is 2.85. The molecule has 1 aromatic heterocycles. The quantitative estimate of drug-likeness (QED) is 0.585. The Morgan fingerprint density at radius 2 is 1.75 bits per heavy atom. The Labute approximate surface area is 192 Å². The third-order valence-corrected chi connectivity index (χ3v) is 5.90. The molecule has 7 nitrogen and oxygen atoms in total. The molecular formula is C24H25ClN4O3. The van der Waals surface area contributed by atoms with Crippen LogP contribution in [0.2, 0.25) is 5.02 Å². The largest absolute Gasteiger partial charge is 0.497 e. The van der Waals surface area contributed by atoms with E-state index < -0.39 is 0 Å². The highest BCUT2D eigenvalue weighted by atomic mass is 35.5. The molecule has 3 aromatic rings. The van der Waals surface area contributed by atoms with Gasteiger partial charge in [0.1, 0.15) is 11.5 Å². The first-order valence-electron chi connectivity index (χ1n) is 10.4. The van der Waals surface area contributed by atoms with Gasteiger partial charge in [-0.1, -0.05) is 23.7 Å². The van der Waals surface area contributed by atoms with Crippen LogP contribution in [0, 0.1) is 5.92 Å². The van der Waals surface area contributed by atoms with Gasteiger partial charge in [0.05, 0.1) is 25.6 Å². The molecule has 2 heterocycles. The molecule has 4 rings (SSSR count). The van der Waals surface area contributed by atoms with E-state index in [2.05, 4.69) is 20.4 Å². The number of benzene rings is 2. The van der Waals surface area contributed by atoms with E-state index in [1.165, 1.54) is 0 Å². The lowest BCUT2D eigenvalue weighted by Crippen LogP contribution is -2.38. The van der Waals surface area contributed by atoms with E-state index in [4.69, 9.17) is 21.1 Å². The summed E-state index contributed by atoms with van der Waals surface area (Å²) in [4.78, 5) is 15.0. The first-order valence-corrected chi connectivity index (χ1v) is 10.8. The van der Waals surface area contributed by atoms with Crippen molar-refractivity contribution in [1.82, 2.24) is 10.2 Å². The summed E-state index contributed by atoms with van der Waals surface area (Å²) in [6.07, 6.45) is 1.48. The number of aromatic nitrogens is 2. The normalized spacial score (nSPS) is 14.2. The van der Waals surface area contributed by atoms with Crippen LogP contribution in [-0.2, 0) is 4.79 Å². The van der Waals surface area contributed by atoms with Crippen LogP contribution in [0.4, 0.5) is 11.5 Å². The second-order valence-corrected chi connectivity index (χ2v) is 8.04. The molecule has 0 bridgehead atoms. The zero-order valence-electron chi connectivity index (χ0n) is 18.0. The van der Waals surface area contributed by atoms with Gasteiger partial charge in [-0.2, -0.15) is 0 Å². The minimum absolute atomic E-state index is 0.00251. The van der Waals surface area contributed by atoms with Crippen molar-refractivity contribution in [2.45, 2.75) is 12.8 Å². The van der Waals surface area contributed by atoms with Crippen LogP contribution in [0.3, 0.4) is 0 Å².